The lowest BCUT2D eigenvalue weighted by Gasteiger charge is -2.25. The Labute approximate surface area is 163 Å². The van der Waals surface area contributed by atoms with Gasteiger partial charge < -0.3 is 14.1 Å². The van der Waals surface area contributed by atoms with Crippen molar-refractivity contribution in [1.29, 1.82) is 0 Å². The van der Waals surface area contributed by atoms with Gasteiger partial charge in [-0.05, 0) is 37.1 Å². The number of benzene rings is 2. The number of hydrogen-bond acceptors (Lipinski definition) is 5. The molecular formula is C22H22N2O4. The number of aromatic nitrogens is 1. The summed E-state index contributed by atoms with van der Waals surface area (Å²) in [7, 11) is 1.28. The van der Waals surface area contributed by atoms with Crippen LogP contribution in [0.4, 0.5) is 0 Å². The van der Waals surface area contributed by atoms with Crippen LogP contribution in [0.5, 0.6) is 0 Å². The predicted octanol–water partition coefficient (Wildman–Crippen LogP) is 4.18. The number of nitrogens with zero attached hydrogens (tertiary/aromatic N) is 2. The van der Waals surface area contributed by atoms with Gasteiger partial charge in [-0.2, -0.15) is 0 Å². The van der Waals surface area contributed by atoms with E-state index in [2.05, 4.69) is 9.72 Å². The summed E-state index contributed by atoms with van der Waals surface area (Å²) in [4.78, 5) is 30.3. The van der Waals surface area contributed by atoms with Crippen LogP contribution in [-0.2, 0) is 11.3 Å². The van der Waals surface area contributed by atoms with Crippen LogP contribution < -0.4 is 0 Å². The van der Waals surface area contributed by atoms with E-state index in [0.29, 0.717) is 5.56 Å². The van der Waals surface area contributed by atoms with Crippen LogP contribution in [0.15, 0.2) is 65.3 Å². The standard InChI is InChI=1S/C22H22N2O4/c1-15(2)24(13-20-23-19(14-28-20)22(26)27-3)21(25)18-11-9-17(10-12-18)16-7-5-4-6-8-16/h4-12,14-15H,13H2,1-3H3. The van der Waals surface area contributed by atoms with Gasteiger partial charge in [0, 0.05) is 11.6 Å². The summed E-state index contributed by atoms with van der Waals surface area (Å²) < 4.78 is 9.95. The molecule has 1 heterocycles. The predicted molar refractivity (Wildman–Crippen MR) is 105 cm³/mol. The number of methoxy groups -OCH3 is 1. The molecule has 0 aliphatic heterocycles. The molecule has 0 unspecified atom stereocenters. The number of hydrogen-bond donors (Lipinski definition) is 0. The first kappa shape index (κ1) is 19.4. The third kappa shape index (κ3) is 4.28. The average Bonchev–Trinajstić information content (AvgIpc) is 3.20. The van der Waals surface area contributed by atoms with Crippen molar-refractivity contribution < 1.29 is 18.7 Å². The molecule has 1 amide bonds. The van der Waals surface area contributed by atoms with Crippen molar-refractivity contribution in [1.82, 2.24) is 9.88 Å². The Morgan fingerprint density at radius 2 is 1.68 bits per heavy atom. The number of amides is 1. The Morgan fingerprint density at radius 3 is 2.29 bits per heavy atom. The number of carbonyl (C=O) groups excluding carboxylic acids is 2. The first-order chi connectivity index (χ1) is 13.5. The van der Waals surface area contributed by atoms with Gasteiger partial charge in [0.15, 0.2) is 5.69 Å². The fourth-order valence-corrected chi connectivity index (χ4v) is 2.82. The molecule has 144 valence electrons. The normalized spacial score (nSPS) is 10.7. The van der Waals surface area contributed by atoms with Gasteiger partial charge in [-0.15, -0.1) is 0 Å². The van der Waals surface area contributed by atoms with Gasteiger partial charge in [0.2, 0.25) is 5.89 Å². The van der Waals surface area contributed by atoms with Crippen LogP contribution in [0.25, 0.3) is 11.1 Å². The molecule has 6 nitrogen and oxygen atoms in total. The van der Waals surface area contributed by atoms with Crippen molar-refractivity contribution in [2.75, 3.05) is 7.11 Å². The molecule has 2 aromatic carbocycles. The van der Waals surface area contributed by atoms with E-state index in [1.54, 1.807) is 4.90 Å². The molecule has 0 N–H and O–H groups in total. The zero-order valence-corrected chi connectivity index (χ0v) is 16.1. The minimum Gasteiger partial charge on any atom is -0.464 e. The fourth-order valence-electron chi connectivity index (χ4n) is 2.82. The average molecular weight is 378 g/mol. The molecule has 0 bridgehead atoms. The summed E-state index contributed by atoms with van der Waals surface area (Å²) in [6.07, 6.45) is 1.23. The molecule has 0 radical (unpaired) electrons. The molecule has 0 saturated carbocycles. The van der Waals surface area contributed by atoms with E-state index < -0.39 is 5.97 Å². The molecule has 0 spiro atoms. The van der Waals surface area contributed by atoms with Gasteiger partial charge in [-0.3, -0.25) is 4.79 Å². The molecule has 3 rings (SSSR count). The molecule has 3 aromatic rings. The minimum atomic E-state index is -0.575. The number of esters is 1. The van der Waals surface area contributed by atoms with E-state index in [9.17, 15) is 9.59 Å². The second-order valence-electron chi connectivity index (χ2n) is 6.59. The highest BCUT2D eigenvalue weighted by molar-refractivity contribution is 5.95. The maximum absolute atomic E-state index is 13.0. The molecule has 0 aliphatic rings. The summed E-state index contributed by atoms with van der Waals surface area (Å²) >= 11 is 0. The molecule has 0 atom stereocenters. The number of rotatable bonds is 6. The van der Waals surface area contributed by atoms with Gasteiger partial charge in [-0.25, -0.2) is 9.78 Å². The van der Waals surface area contributed by atoms with Crippen LogP contribution >= 0.6 is 0 Å². The lowest BCUT2D eigenvalue weighted by molar-refractivity contribution is 0.0593. The van der Waals surface area contributed by atoms with Gasteiger partial charge >= 0.3 is 5.97 Å². The van der Waals surface area contributed by atoms with E-state index in [-0.39, 0.29) is 30.1 Å². The summed E-state index contributed by atoms with van der Waals surface area (Å²) in [5.74, 6) is -0.426. The second kappa shape index (κ2) is 8.52. The van der Waals surface area contributed by atoms with Crippen molar-refractivity contribution in [2.24, 2.45) is 0 Å². The Hall–Kier alpha value is -3.41. The van der Waals surface area contributed by atoms with Crippen molar-refractivity contribution in [3.8, 4) is 11.1 Å². The SMILES string of the molecule is COC(=O)c1coc(CN(C(=O)c2ccc(-c3ccccc3)cc2)C(C)C)n1. The molecular weight excluding hydrogens is 356 g/mol. The van der Waals surface area contributed by atoms with Gasteiger partial charge in [-0.1, -0.05) is 42.5 Å². The third-order valence-electron chi connectivity index (χ3n) is 4.38. The van der Waals surface area contributed by atoms with Crippen LogP contribution in [0.2, 0.25) is 0 Å². The number of ether oxygens (including phenoxy) is 1. The van der Waals surface area contributed by atoms with Crippen molar-refractivity contribution in [2.45, 2.75) is 26.4 Å². The van der Waals surface area contributed by atoms with Crippen LogP contribution in [0.3, 0.4) is 0 Å². The first-order valence-electron chi connectivity index (χ1n) is 8.98. The first-order valence-corrected chi connectivity index (χ1v) is 8.98. The third-order valence-corrected chi connectivity index (χ3v) is 4.38. The Bertz CT molecular complexity index is 946. The molecule has 1 aromatic heterocycles. The smallest absolute Gasteiger partial charge is 0.360 e. The monoisotopic (exact) mass is 378 g/mol. The Morgan fingerprint density at radius 1 is 1.04 bits per heavy atom. The summed E-state index contributed by atoms with van der Waals surface area (Å²) in [5.41, 5.74) is 2.80. The van der Waals surface area contributed by atoms with Gasteiger partial charge in [0.05, 0.1) is 13.7 Å². The summed E-state index contributed by atoms with van der Waals surface area (Å²) in [5, 5.41) is 0. The van der Waals surface area contributed by atoms with E-state index in [1.807, 2.05) is 68.4 Å². The highest BCUT2D eigenvalue weighted by Crippen LogP contribution is 2.21. The van der Waals surface area contributed by atoms with Crippen LogP contribution in [-0.4, -0.2) is 34.9 Å². The molecule has 6 heteroatoms. The summed E-state index contributed by atoms with van der Waals surface area (Å²) in [6.45, 7) is 3.99. The second-order valence-corrected chi connectivity index (χ2v) is 6.59. The van der Waals surface area contributed by atoms with E-state index >= 15 is 0 Å². The lowest BCUT2D eigenvalue weighted by Crippen LogP contribution is -2.36. The van der Waals surface area contributed by atoms with Gasteiger partial charge in [0.1, 0.15) is 6.26 Å². The molecule has 0 aliphatic carbocycles. The van der Waals surface area contributed by atoms with E-state index in [1.165, 1.54) is 13.4 Å². The van der Waals surface area contributed by atoms with E-state index in [4.69, 9.17) is 4.42 Å². The maximum Gasteiger partial charge on any atom is 0.360 e. The highest BCUT2D eigenvalue weighted by atomic mass is 16.5. The topological polar surface area (TPSA) is 72.6 Å². The van der Waals surface area contributed by atoms with Crippen molar-refractivity contribution in [3.63, 3.8) is 0 Å². The highest BCUT2D eigenvalue weighted by Gasteiger charge is 2.22. The lowest BCUT2D eigenvalue weighted by atomic mass is 10.0. The van der Waals surface area contributed by atoms with Crippen LogP contribution in [0.1, 0.15) is 40.6 Å². The molecule has 28 heavy (non-hydrogen) atoms. The molecule has 0 fully saturated rings. The van der Waals surface area contributed by atoms with Crippen molar-refractivity contribution >= 4 is 11.9 Å². The maximum atomic E-state index is 13.0. The minimum absolute atomic E-state index is 0.0743. The van der Waals surface area contributed by atoms with Crippen LogP contribution in [0, 0.1) is 0 Å². The molecule has 0 saturated heterocycles. The fraction of sp³-hybridized carbons (Fsp3) is 0.227. The zero-order valence-electron chi connectivity index (χ0n) is 16.1. The largest absolute Gasteiger partial charge is 0.464 e. The van der Waals surface area contributed by atoms with E-state index in [0.717, 1.165) is 11.1 Å². The Balaban J connectivity index is 1.77. The number of carbonyl (C=O) groups is 2. The Kier molecular flexibility index (Phi) is 5.89. The summed E-state index contributed by atoms with van der Waals surface area (Å²) in [6, 6.07) is 17.4. The van der Waals surface area contributed by atoms with Gasteiger partial charge in [0.25, 0.3) is 5.91 Å². The van der Waals surface area contributed by atoms with Crippen molar-refractivity contribution in [3.05, 3.63) is 78.0 Å². The zero-order chi connectivity index (χ0) is 20.1. The number of oxazole rings is 1. The quantitative estimate of drug-likeness (QED) is 0.602.